The van der Waals surface area contributed by atoms with Crippen LogP contribution in [0.3, 0.4) is 0 Å². The Morgan fingerprint density at radius 3 is 2.28 bits per heavy atom. The summed E-state index contributed by atoms with van der Waals surface area (Å²) in [5.41, 5.74) is 1.14. The van der Waals surface area contributed by atoms with Gasteiger partial charge in [0.15, 0.2) is 5.78 Å². The second kappa shape index (κ2) is 7.90. The lowest BCUT2D eigenvalue weighted by Crippen LogP contribution is -2.64. The van der Waals surface area contributed by atoms with E-state index >= 15 is 0 Å². The maximum atomic E-state index is 13.2. The summed E-state index contributed by atoms with van der Waals surface area (Å²) in [6, 6.07) is 12.5. The van der Waals surface area contributed by atoms with Gasteiger partial charge < -0.3 is 4.48 Å². The highest BCUT2D eigenvalue weighted by Gasteiger charge is 2.49. The molecule has 0 radical (unpaired) electrons. The lowest BCUT2D eigenvalue weighted by atomic mass is 9.74. The van der Waals surface area contributed by atoms with E-state index in [4.69, 9.17) is 0 Å². The summed E-state index contributed by atoms with van der Waals surface area (Å²) < 4.78 is 13.6. The molecule has 7 heteroatoms. The molecule has 1 fully saturated rings. The fraction of sp³-hybridized carbons (Fsp3) is 0.400. The molecule has 168 valence electrons. The lowest BCUT2D eigenvalue weighted by molar-refractivity contribution is -0.931. The fourth-order valence-electron chi connectivity index (χ4n) is 4.69. The summed E-state index contributed by atoms with van der Waals surface area (Å²) in [4.78, 5) is 39.0. The number of imide groups is 1. The Labute approximate surface area is 187 Å². The van der Waals surface area contributed by atoms with Crippen LogP contribution in [-0.4, -0.2) is 67.0 Å². The molecule has 0 aliphatic carbocycles. The standard InChI is InChI=1S/C25H29FN3O3/c1-25(22(30)18-8-10-19(26)11-9-18)12-14-28(2,15-13-25)16-17-29(3)23(31)20-6-4-5-7-21(20)27-24(29)32/h4-11H,12-17H2,1-3H3/q+1/p+1. The van der Waals surface area contributed by atoms with E-state index in [9.17, 15) is 18.8 Å². The molecule has 2 aromatic rings. The van der Waals surface area contributed by atoms with Crippen molar-refractivity contribution in [2.45, 2.75) is 19.8 Å². The van der Waals surface area contributed by atoms with Crippen molar-refractivity contribution in [1.82, 2.24) is 0 Å². The van der Waals surface area contributed by atoms with Gasteiger partial charge in [0.25, 0.3) is 0 Å². The van der Waals surface area contributed by atoms with Crippen LogP contribution < -0.4 is 5.32 Å². The van der Waals surface area contributed by atoms with Crippen molar-refractivity contribution in [3.63, 3.8) is 0 Å². The molecule has 0 saturated carbocycles. The lowest BCUT2D eigenvalue weighted by Gasteiger charge is -2.45. The molecule has 2 aromatic carbocycles. The third kappa shape index (κ3) is 3.87. The number of carbonyl (C=O) groups is 3. The number of carbonyl (C=O) groups excluding carboxylic acids is 3. The first-order chi connectivity index (χ1) is 15.1. The third-order valence-corrected chi connectivity index (χ3v) is 7.44. The minimum atomic E-state index is -0.495. The number of benzene rings is 2. The Morgan fingerprint density at radius 2 is 1.62 bits per heavy atom. The first-order valence-corrected chi connectivity index (χ1v) is 11.0. The number of Topliss-reactive ketones (excluding diaryl/α,β-unsaturated/α-hetero) is 1. The number of hydrogen-bond donors (Lipinski definition) is 1. The first kappa shape index (κ1) is 22.3. The van der Waals surface area contributed by atoms with Crippen LogP contribution in [0.2, 0.25) is 0 Å². The molecule has 2 heterocycles. The SMILES string of the molecule is CC1(C(=O)c2ccc(F)cc2)CC[N+](C)(CC[N+]2(C)C(=O)Nc3ccccc3C2=O)CC1. The van der Waals surface area contributed by atoms with Crippen molar-refractivity contribution in [3.05, 3.63) is 65.5 Å². The van der Waals surface area contributed by atoms with Crippen LogP contribution in [0.4, 0.5) is 14.9 Å². The number of fused-ring (bicyclic) bond motifs is 1. The van der Waals surface area contributed by atoms with E-state index in [1.165, 1.54) is 12.1 Å². The number of halogens is 1. The molecule has 1 N–H and O–H groups in total. The second-order valence-electron chi connectivity index (χ2n) is 9.88. The maximum Gasteiger partial charge on any atom is 0.428 e. The van der Waals surface area contributed by atoms with Gasteiger partial charge in [-0.2, -0.15) is 4.48 Å². The van der Waals surface area contributed by atoms with E-state index in [1.807, 2.05) is 6.92 Å². The molecular weight excluding hydrogens is 409 g/mol. The number of likely N-dealkylation sites (tertiary alicyclic amines) is 1. The van der Waals surface area contributed by atoms with Gasteiger partial charge in [0.2, 0.25) is 0 Å². The number of para-hydroxylation sites is 1. The van der Waals surface area contributed by atoms with Crippen molar-refractivity contribution in [2.75, 3.05) is 45.6 Å². The molecule has 0 spiro atoms. The predicted molar refractivity (Wildman–Crippen MR) is 120 cm³/mol. The summed E-state index contributed by atoms with van der Waals surface area (Å²) in [5.74, 6) is -0.496. The minimum absolute atomic E-state index is 0.0462. The molecule has 6 nitrogen and oxygen atoms in total. The number of ketones is 1. The van der Waals surface area contributed by atoms with Crippen LogP contribution >= 0.6 is 0 Å². The highest BCUT2D eigenvalue weighted by Crippen LogP contribution is 2.37. The summed E-state index contributed by atoms with van der Waals surface area (Å²) in [6.07, 6.45) is 1.40. The van der Waals surface area contributed by atoms with E-state index < -0.39 is 5.41 Å². The van der Waals surface area contributed by atoms with Gasteiger partial charge in [0, 0.05) is 23.8 Å². The van der Waals surface area contributed by atoms with Gasteiger partial charge in [-0.05, 0) is 36.4 Å². The highest BCUT2D eigenvalue weighted by atomic mass is 19.1. The number of rotatable bonds is 5. The van der Waals surface area contributed by atoms with Crippen LogP contribution in [0.15, 0.2) is 48.5 Å². The summed E-state index contributed by atoms with van der Waals surface area (Å²) in [5, 5.41) is 2.87. The number of amides is 3. The minimum Gasteiger partial charge on any atom is -0.321 e. The Kier molecular flexibility index (Phi) is 5.51. The van der Waals surface area contributed by atoms with Crippen LogP contribution in [-0.2, 0) is 0 Å². The molecule has 0 aromatic heterocycles. The van der Waals surface area contributed by atoms with Crippen LogP contribution in [0.5, 0.6) is 0 Å². The molecule has 3 amide bonds. The number of hydrogen-bond acceptors (Lipinski definition) is 3. The average molecular weight is 440 g/mol. The fourth-order valence-corrected chi connectivity index (χ4v) is 4.69. The van der Waals surface area contributed by atoms with Crippen molar-refractivity contribution < 1.29 is 27.7 Å². The number of urea groups is 1. The molecule has 0 bridgehead atoms. The number of quaternary nitrogens is 2. The van der Waals surface area contributed by atoms with Crippen LogP contribution in [0.1, 0.15) is 40.5 Å². The van der Waals surface area contributed by atoms with Gasteiger partial charge >= 0.3 is 11.9 Å². The largest absolute Gasteiger partial charge is 0.428 e. The third-order valence-electron chi connectivity index (χ3n) is 7.44. The van der Waals surface area contributed by atoms with Gasteiger partial charge in [-0.15, -0.1) is 0 Å². The zero-order valence-corrected chi connectivity index (χ0v) is 18.9. The molecule has 2 aliphatic heterocycles. The van der Waals surface area contributed by atoms with Crippen LogP contribution in [0.25, 0.3) is 0 Å². The molecule has 4 rings (SSSR count). The quantitative estimate of drug-likeness (QED) is 0.564. The van der Waals surface area contributed by atoms with E-state index in [-0.39, 0.29) is 28.0 Å². The normalized spacial score (nSPS) is 29.9. The highest BCUT2D eigenvalue weighted by molar-refractivity contribution is 6.08. The molecule has 2 aliphatic rings. The number of likely N-dealkylation sites (N-methyl/N-ethyl adjacent to an activating group) is 2. The Bertz CT molecular complexity index is 1070. The summed E-state index contributed by atoms with van der Waals surface area (Å²) in [6.45, 7) is 4.57. The zero-order valence-electron chi connectivity index (χ0n) is 18.9. The molecular formula is C25H30FN3O3+2. The van der Waals surface area contributed by atoms with Crippen molar-refractivity contribution in [1.29, 1.82) is 0 Å². The average Bonchev–Trinajstić information content (AvgIpc) is 2.79. The molecule has 1 unspecified atom stereocenters. The monoisotopic (exact) mass is 439 g/mol. The number of nitrogens with one attached hydrogen (secondary N) is 1. The molecule has 1 atom stereocenters. The second-order valence-corrected chi connectivity index (χ2v) is 9.88. The predicted octanol–water partition coefficient (Wildman–Crippen LogP) is 4.09. The molecule has 32 heavy (non-hydrogen) atoms. The Balaban J connectivity index is 1.43. The van der Waals surface area contributed by atoms with Crippen molar-refractivity contribution >= 4 is 23.4 Å². The number of piperidine rings is 1. The van der Waals surface area contributed by atoms with Crippen molar-refractivity contribution in [2.24, 2.45) is 5.41 Å². The maximum absolute atomic E-state index is 13.2. The van der Waals surface area contributed by atoms with Gasteiger partial charge in [-0.1, -0.05) is 19.1 Å². The Hall–Kier alpha value is -2.90. The van der Waals surface area contributed by atoms with Gasteiger partial charge in [-0.3, -0.25) is 10.1 Å². The van der Waals surface area contributed by atoms with Crippen LogP contribution in [0, 0.1) is 11.2 Å². The van der Waals surface area contributed by atoms with Crippen molar-refractivity contribution in [3.8, 4) is 0 Å². The molecule has 1 saturated heterocycles. The Morgan fingerprint density at radius 1 is 1.00 bits per heavy atom. The number of nitrogens with zero attached hydrogens (tertiary/aromatic N) is 2. The summed E-state index contributed by atoms with van der Waals surface area (Å²) >= 11 is 0. The smallest absolute Gasteiger partial charge is 0.321 e. The van der Waals surface area contributed by atoms with E-state index in [0.717, 1.165) is 13.1 Å². The van der Waals surface area contributed by atoms with E-state index in [2.05, 4.69) is 12.4 Å². The van der Waals surface area contributed by atoms with Gasteiger partial charge in [-0.25, -0.2) is 14.0 Å². The van der Waals surface area contributed by atoms with Gasteiger partial charge in [0.05, 0.1) is 32.9 Å². The first-order valence-electron chi connectivity index (χ1n) is 11.0. The van der Waals surface area contributed by atoms with E-state index in [1.54, 1.807) is 43.4 Å². The summed E-state index contributed by atoms with van der Waals surface area (Å²) in [7, 11) is 3.79. The van der Waals surface area contributed by atoms with E-state index in [0.29, 0.717) is 47.2 Å². The van der Waals surface area contributed by atoms with Gasteiger partial charge in [0.1, 0.15) is 24.5 Å². The zero-order chi connectivity index (χ0) is 23.1. The number of anilines is 1. The topological polar surface area (TPSA) is 63.2 Å².